The summed E-state index contributed by atoms with van der Waals surface area (Å²) in [5.74, 6) is 0.214. The predicted octanol–water partition coefficient (Wildman–Crippen LogP) is 3.69. The second-order valence-electron chi connectivity index (χ2n) is 9.36. The molecule has 3 rings (SSSR count). The van der Waals surface area contributed by atoms with Gasteiger partial charge >= 0.3 is 5.97 Å². The Kier molecular flexibility index (Phi) is 7.42. The zero-order valence-electron chi connectivity index (χ0n) is 17.9. The van der Waals surface area contributed by atoms with E-state index in [1.165, 1.54) is 0 Å². The zero-order valence-corrected chi connectivity index (χ0v) is 18.9. The fourth-order valence-corrected chi connectivity index (χ4v) is 4.59. The molecule has 1 fully saturated rings. The fraction of sp³-hybridized carbons (Fsp3) is 0.667. The molecule has 0 radical (unpaired) electrons. The van der Waals surface area contributed by atoms with Gasteiger partial charge in [0.25, 0.3) is 0 Å². The maximum atomic E-state index is 11.5. The van der Waals surface area contributed by atoms with E-state index in [1.807, 2.05) is 23.0 Å². The number of ether oxygens (including phenoxy) is 1. The Balaban J connectivity index is 1.73. The molecule has 0 bridgehead atoms. The van der Waals surface area contributed by atoms with Crippen molar-refractivity contribution in [3.05, 3.63) is 24.3 Å². The Morgan fingerprint density at radius 3 is 2.83 bits per heavy atom. The lowest BCUT2D eigenvalue weighted by Gasteiger charge is -2.25. The molecule has 2 aromatic rings. The van der Waals surface area contributed by atoms with E-state index >= 15 is 0 Å². The topological polar surface area (TPSA) is 89.3 Å². The Labute approximate surface area is 173 Å². The summed E-state index contributed by atoms with van der Waals surface area (Å²) in [7, 11) is -1.11. The quantitative estimate of drug-likeness (QED) is 0.452. The van der Waals surface area contributed by atoms with Gasteiger partial charge < -0.3 is 19.7 Å². The van der Waals surface area contributed by atoms with Crippen molar-refractivity contribution < 1.29 is 14.6 Å². The van der Waals surface area contributed by atoms with Crippen LogP contribution in [-0.4, -0.2) is 53.4 Å². The van der Waals surface area contributed by atoms with Crippen LogP contribution in [0.5, 0.6) is 0 Å². The summed E-state index contributed by atoms with van der Waals surface area (Å²) < 4.78 is 7.88. The Hall–Kier alpha value is -1.77. The van der Waals surface area contributed by atoms with E-state index in [0.717, 1.165) is 56.0 Å². The van der Waals surface area contributed by atoms with E-state index in [9.17, 15) is 9.90 Å². The highest BCUT2D eigenvalue weighted by Crippen LogP contribution is 2.30. The zero-order chi connectivity index (χ0) is 20.9. The van der Waals surface area contributed by atoms with Crippen LogP contribution in [0, 0.1) is 5.92 Å². The lowest BCUT2D eigenvalue weighted by atomic mass is 9.86. The van der Waals surface area contributed by atoms with Crippen LogP contribution in [0.1, 0.15) is 37.4 Å². The normalized spacial score (nSPS) is 16.9. The average Bonchev–Trinajstić information content (AvgIpc) is 3.07. The van der Waals surface area contributed by atoms with Gasteiger partial charge in [0.1, 0.15) is 18.2 Å². The fourth-order valence-electron chi connectivity index (χ4n) is 3.84. The highest BCUT2D eigenvalue weighted by molar-refractivity contribution is 6.76. The Morgan fingerprint density at radius 1 is 1.38 bits per heavy atom. The number of hydrogen-bond donors (Lipinski definition) is 2. The number of aliphatic carboxylic acids is 1. The predicted molar refractivity (Wildman–Crippen MR) is 117 cm³/mol. The lowest BCUT2D eigenvalue weighted by molar-refractivity contribution is -0.137. The van der Waals surface area contributed by atoms with E-state index in [-0.39, 0.29) is 12.3 Å². The van der Waals surface area contributed by atoms with Gasteiger partial charge in [-0.15, -0.1) is 0 Å². The van der Waals surface area contributed by atoms with Gasteiger partial charge in [-0.3, -0.25) is 4.79 Å². The second-order valence-corrected chi connectivity index (χ2v) is 15.0. The monoisotopic (exact) mass is 418 g/mol. The minimum atomic E-state index is -1.11. The molecule has 0 spiro atoms. The van der Waals surface area contributed by atoms with Crippen LogP contribution in [0.25, 0.3) is 11.0 Å². The van der Waals surface area contributed by atoms with Crippen molar-refractivity contribution in [3.8, 4) is 0 Å². The smallest absolute Gasteiger partial charge is 0.304 e. The van der Waals surface area contributed by atoms with Crippen molar-refractivity contribution in [2.75, 3.05) is 19.7 Å². The van der Waals surface area contributed by atoms with Crippen molar-refractivity contribution in [3.63, 3.8) is 0 Å². The number of nitrogens with zero attached hydrogens (tertiary/aromatic N) is 3. The molecule has 3 heterocycles. The number of aromatic nitrogens is 3. The number of carbonyl (C=O) groups is 1. The molecule has 0 saturated carbocycles. The standard InChI is InChI=1S/C21H34N4O3Si/c1-29(2,3)11-10-28-15-25-9-6-17-14-23-20(24-21(17)25)18(13-19(26)27)12-16-4-7-22-8-5-16/h6,9,14,16,18,22H,4-5,7-8,10-13,15H2,1-3H3,(H,26,27). The van der Waals surface area contributed by atoms with Gasteiger partial charge in [0.2, 0.25) is 0 Å². The number of carboxylic acids is 1. The minimum absolute atomic E-state index is 0.0723. The highest BCUT2D eigenvalue weighted by atomic mass is 28.3. The van der Waals surface area contributed by atoms with Gasteiger partial charge in [-0.05, 0) is 50.4 Å². The Morgan fingerprint density at radius 2 is 2.14 bits per heavy atom. The van der Waals surface area contributed by atoms with Crippen LogP contribution in [0.4, 0.5) is 0 Å². The number of carboxylic acid groups (broad SMARTS) is 1. The largest absolute Gasteiger partial charge is 0.481 e. The molecule has 8 heteroatoms. The summed E-state index contributed by atoms with van der Waals surface area (Å²) in [4.78, 5) is 20.8. The van der Waals surface area contributed by atoms with Gasteiger partial charge in [-0.2, -0.15) is 0 Å². The van der Waals surface area contributed by atoms with E-state index in [4.69, 9.17) is 9.72 Å². The first-order valence-corrected chi connectivity index (χ1v) is 14.3. The van der Waals surface area contributed by atoms with Gasteiger partial charge in [0.15, 0.2) is 0 Å². The third kappa shape index (κ3) is 6.62. The number of fused-ring (bicyclic) bond motifs is 1. The van der Waals surface area contributed by atoms with Crippen molar-refractivity contribution in [1.82, 2.24) is 19.9 Å². The molecule has 1 unspecified atom stereocenters. The van der Waals surface area contributed by atoms with Gasteiger partial charge in [-0.1, -0.05) is 19.6 Å². The molecule has 0 aromatic carbocycles. The molecule has 0 aliphatic carbocycles. The second kappa shape index (κ2) is 9.82. The summed E-state index contributed by atoms with van der Waals surface area (Å²) in [5, 5.41) is 13.7. The van der Waals surface area contributed by atoms with Gasteiger partial charge in [0, 0.05) is 38.4 Å². The molecule has 1 aliphatic heterocycles. The molecule has 1 saturated heterocycles. The molecule has 7 nitrogen and oxygen atoms in total. The number of hydrogen-bond acceptors (Lipinski definition) is 5. The lowest BCUT2D eigenvalue weighted by Crippen LogP contribution is -2.29. The summed E-state index contributed by atoms with van der Waals surface area (Å²) in [6.45, 7) is 10.2. The summed E-state index contributed by atoms with van der Waals surface area (Å²) in [5.41, 5.74) is 0.823. The van der Waals surface area contributed by atoms with Crippen LogP contribution >= 0.6 is 0 Å². The molecule has 29 heavy (non-hydrogen) atoms. The van der Waals surface area contributed by atoms with E-state index in [0.29, 0.717) is 18.5 Å². The van der Waals surface area contributed by atoms with E-state index in [1.54, 1.807) is 0 Å². The van der Waals surface area contributed by atoms with Crippen molar-refractivity contribution in [2.45, 2.75) is 64.0 Å². The molecule has 160 valence electrons. The van der Waals surface area contributed by atoms with Crippen LogP contribution in [0.2, 0.25) is 25.7 Å². The molecular formula is C21H34N4O3Si. The molecule has 0 amide bonds. The van der Waals surface area contributed by atoms with Crippen molar-refractivity contribution >= 4 is 25.1 Å². The first-order chi connectivity index (χ1) is 13.8. The third-order valence-corrected chi connectivity index (χ3v) is 7.31. The van der Waals surface area contributed by atoms with E-state index < -0.39 is 14.0 Å². The first kappa shape index (κ1) is 21.9. The SMILES string of the molecule is C[Si](C)(C)CCOCn1ccc2cnc(C(CC(=O)O)CC3CCNCC3)nc21. The van der Waals surface area contributed by atoms with Crippen LogP contribution < -0.4 is 5.32 Å². The minimum Gasteiger partial charge on any atom is -0.481 e. The molecule has 2 aromatic heterocycles. The van der Waals surface area contributed by atoms with Crippen LogP contribution in [-0.2, 0) is 16.3 Å². The molecule has 2 N–H and O–H groups in total. The number of piperidine rings is 1. The molecule has 1 atom stereocenters. The van der Waals surface area contributed by atoms with Gasteiger partial charge in [0.05, 0.1) is 6.42 Å². The molecule has 1 aliphatic rings. The Bertz CT molecular complexity index is 812. The summed E-state index contributed by atoms with van der Waals surface area (Å²) in [6, 6.07) is 3.11. The van der Waals surface area contributed by atoms with Crippen LogP contribution in [0.15, 0.2) is 18.5 Å². The number of rotatable bonds is 10. The summed E-state index contributed by atoms with van der Waals surface area (Å²) in [6.07, 6.45) is 6.85. The van der Waals surface area contributed by atoms with Crippen molar-refractivity contribution in [1.29, 1.82) is 0 Å². The number of nitrogens with one attached hydrogen (secondary N) is 1. The molecular weight excluding hydrogens is 384 g/mol. The average molecular weight is 419 g/mol. The first-order valence-electron chi connectivity index (χ1n) is 10.6. The van der Waals surface area contributed by atoms with Gasteiger partial charge in [-0.25, -0.2) is 9.97 Å². The maximum absolute atomic E-state index is 11.5. The third-order valence-electron chi connectivity index (χ3n) is 5.61. The van der Waals surface area contributed by atoms with Crippen molar-refractivity contribution in [2.24, 2.45) is 5.92 Å². The van der Waals surface area contributed by atoms with Crippen LogP contribution in [0.3, 0.4) is 0 Å². The highest BCUT2D eigenvalue weighted by Gasteiger charge is 2.25. The maximum Gasteiger partial charge on any atom is 0.304 e. The summed E-state index contributed by atoms with van der Waals surface area (Å²) >= 11 is 0. The van der Waals surface area contributed by atoms with E-state index in [2.05, 4.69) is 29.9 Å².